The normalized spacial score (nSPS) is 16.1. The number of aryl methyl sites for hydroxylation is 2. The molecule has 10 heteroatoms. The lowest BCUT2D eigenvalue weighted by atomic mass is 10.3. The summed E-state index contributed by atoms with van der Waals surface area (Å²) in [4.78, 5) is 22.2. The lowest BCUT2D eigenvalue weighted by Gasteiger charge is -2.33. The van der Waals surface area contributed by atoms with Crippen LogP contribution < -0.4 is 9.64 Å². The van der Waals surface area contributed by atoms with Crippen molar-refractivity contribution in [1.29, 1.82) is 0 Å². The Kier molecular flexibility index (Phi) is 4.97. The SMILES string of the molecule is CCn1cc(S(=O)(=O)N2CCN(c3ccnc(OC)c3)C(=O)C2)nc1C. The monoisotopic (exact) mass is 379 g/mol. The third-order valence-corrected chi connectivity index (χ3v) is 6.04. The van der Waals surface area contributed by atoms with E-state index in [9.17, 15) is 13.2 Å². The maximum absolute atomic E-state index is 12.8. The number of imidazole rings is 1. The van der Waals surface area contributed by atoms with Crippen LogP contribution in [0.2, 0.25) is 0 Å². The smallest absolute Gasteiger partial charge is 0.262 e. The van der Waals surface area contributed by atoms with Gasteiger partial charge in [-0.2, -0.15) is 4.31 Å². The molecule has 2 aromatic rings. The van der Waals surface area contributed by atoms with Crippen LogP contribution >= 0.6 is 0 Å². The van der Waals surface area contributed by atoms with Gasteiger partial charge in [0, 0.05) is 38.1 Å². The van der Waals surface area contributed by atoms with E-state index in [0.717, 1.165) is 0 Å². The molecule has 1 aliphatic rings. The van der Waals surface area contributed by atoms with Crippen LogP contribution in [0.25, 0.3) is 0 Å². The lowest BCUT2D eigenvalue weighted by molar-refractivity contribution is -0.119. The summed E-state index contributed by atoms with van der Waals surface area (Å²) in [5.41, 5.74) is 0.630. The second-order valence-electron chi connectivity index (χ2n) is 5.85. The van der Waals surface area contributed by atoms with Gasteiger partial charge in [0.1, 0.15) is 5.82 Å². The van der Waals surface area contributed by atoms with Crippen molar-refractivity contribution in [3.8, 4) is 5.88 Å². The molecule has 0 unspecified atom stereocenters. The number of hydrogen-bond acceptors (Lipinski definition) is 6. The predicted octanol–water partition coefficient (Wildman–Crippen LogP) is 0.653. The highest BCUT2D eigenvalue weighted by Gasteiger charge is 2.35. The van der Waals surface area contributed by atoms with Crippen molar-refractivity contribution in [1.82, 2.24) is 18.8 Å². The number of ether oxygens (including phenoxy) is 1. The number of methoxy groups -OCH3 is 1. The minimum Gasteiger partial charge on any atom is -0.481 e. The summed E-state index contributed by atoms with van der Waals surface area (Å²) in [6, 6.07) is 3.34. The van der Waals surface area contributed by atoms with E-state index in [1.807, 2.05) is 6.92 Å². The number of anilines is 1. The van der Waals surface area contributed by atoms with E-state index in [0.29, 0.717) is 23.9 Å². The standard InChI is InChI=1S/C16H21N5O4S/c1-4-19-10-15(18-12(19)2)26(23,24)20-7-8-21(16(22)11-20)13-5-6-17-14(9-13)25-3/h5-6,9-10H,4,7-8,11H2,1-3H3. The molecule has 0 N–H and O–H groups in total. The number of pyridine rings is 1. The summed E-state index contributed by atoms with van der Waals surface area (Å²) in [6.07, 6.45) is 3.06. The van der Waals surface area contributed by atoms with Gasteiger partial charge in [-0.05, 0) is 19.9 Å². The van der Waals surface area contributed by atoms with Crippen LogP contribution in [0.3, 0.4) is 0 Å². The number of amides is 1. The van der Waals surface area contributed by atoms with Crippen molar-refractivity contribution >= 4 is 21.6 Å². The third kappa shape index (κ3) is 3.29. The molecule has 1 amide bonds. The van der Waals surface area contributed by atoms with Crippen molar-refractivity contribution in [3.05, 3.63) is 30.4 Å². The number of piperazine rings is 1. The van der Waals surface area contributed by atoms with E-state index in [2.05, 4.69) is 9.97 Å². The molecule has 140 valence electrons. The van der Waals surface area contributed by atoms with Crippen LogP contribution in [-0.4, -0.2) is 59.9 Å². The Morgan fingerprint density at radius 3 is 2.69 bits per heavy atom. The van der Waals surface area contributed by atoms with Gasteiger partial charge in [0.25, 0.3) is 10.0 Å². The van der Waals surface area contributed by atoms with E-state index in [1.165, 1.54) is 22.5 Å². The maximum atomic E-state index is 12.8. The number of rotatable bonds is 5. The first-order chi connectivity index (χ1) is 12.4. The highest BCUT2D eigenvalue weighted by Crippen LogP contribution is 2.23. The first-order valence-corrected chi connectivity index (χ1v) is 9.65. The molecule has 1 fully saturated rings. The number of sulfonamides is 1. The van der Waals surface area contributed by atoms with E-state index in [-0.39, 0.29) is 30.6 Å². The Balaban J connectivity index is 1.80. The molecule has 0 atom stereocenters. The molecular weight excluding hydrogens is 358 g/mol. The lowest BCUT2D eigenvalue weighted by Crippen LogP contribution is -2.52. The zero-order valence-corrected chi connectivity index (χ0v) is 15.7. The number of hydrogen-bond donors (Lipinski definition) is 0. The molecule has 1 aliphatic heterocycles. The largest absolute Gasteiger partial charge is 0.481 e. The van der Waals surface area contributed by atoms with Crippen molar-refractivity contribution in [2.75, 3.05) is 31.6 Å². The van der Waals surface area contributed by atoms with Crippen LogP contribution in [0.1, 0.15) is 12.7 Å². The van der Waals surface area contributed by atoms with Gasteiger partial charge < -0.3 is 14.2 Å². The quantitative estimate of drug-likeness (QED) is 0.757. The van der Waals surface area contributed by atoms with E-state index >= 15 is 0 Å². The molecule has 0 aliphatic carbocycles. The minimum atomic E-state index is -3.81. The molecule has 0 aromatic carbocycles. The van der Waals surface area contributed by atoms with Crippen molar-refractivity contribution in [2.45, 2.75) is 25.4 Å². The Labute approximate surface area is 152 Å². The van der Waals surface area contributed by atoms with Gasteiger partial charge in [-0.15, -0.1) is 0 Å². The first kappa shape index (κ1) is 18.3. The van der Waals surface area contributed by atoms with Gasteiger partial charge in [-0.3, -0.25) is 4.79 Å². The summed E-state index contributed by atoms with van der Waals surface area (Å²) in [7, 11) is -2.31. The third-order valence-electron chi connectivity index (χ3n) is 4.32. The maximum Gasteiger partial charge on any atom is 0.262 e. The molecule has 0 saturated carbocycles. The Bertz CT molecular complexity index is 924. The Hall–Kier alpha value is -2.46. The number of carbonyl (C=O) groups is 1. The predicted molar refractivity (Wildman–Crippen MR) is 94.5 cm³/mol. The van der Waals surface area contributed by atoms with Gasteiger partial charge in [-0.25, -0.2) is 18.4 Å². The van der Waals surface area contributed by atoms with E-state index in [4.69, 9.17) is 4.74 Å². The average Bonchev–Trinajstić information content (AvgIpc) is 3.03. The van der Waals surface area contributed by atoms with Crippen molar-refractivity contribution < 1.29 is 17.9 Å². The second kappa shape index (κ2) is 7.04. The summed E-state index contributed by atoms with van der Waals surface area (Å²) in [5, 5.41) is -0.0244. The second-order valence-corrected chi connectivity index (χ2v) is 7.74. The highest BCUT2D eigenvalue weighted by molar-refractivity contribution is 7.89. The fourth-order valence-corrected chi connectivity index (χ4v) is 4.24. The highest BCUT2D eigenvalue weighted by atomic mass is 32.2. The molecule has 9 nitrogen and oxygen atoms in total. The fourth-order valence-electron chi connectivity index (χ4n) is 2.86. The van der Waals surface area contributed by atoms with E-state index in [1.54, 1.807) is 29.8 Å². The molecular formula is C16H21N5O4S. The van der Waals surface area contributed by atoms with Gasteiger partial charge in [0.05, 0.1) is 19.3 Å². The van der Waals surface area contributed by atoms with Gasteiger partial charge >= 0.3 is 0 Å². The number of carbonyl (C=O) groups excluding carboxylic acids is 1. The zero-order chi connectivity index (χ0) is 18.9. The number of aromatic nitrogens is 3. The Morgan fingerprint density at radius 1 is 1.31 bits per heavy atom. The zero-order valence-electron chi connectivity index (χ0n) is 14.9. The fraction of sp³-hybridized carbons (Fsp3) is 0.438. The molecule has 0 radical (unpaired) electrons. The van der Waals surface area contributed by atoms with Crippen LogP contribution in [-0.2, 0) is 21.4 Å². The molecule has 26 heavy (non-hydrogen) atoms. The summed E-state index contributed by atoms with van der Waals surface area (Å²) in [6.45, 7) is 4.50. The first-order valence-electron chi connectivity index (χ1n) is 8.21. The summed E-state index contributed by atoms with van der Waals surface area (Å²) < 4.78 is 33.6. The van der Waals surface area contributed by atoms with Crippen LogP contribution in [0.5, 0.6) is 5.88 Å². The summed E-state index contributed by atoms with van der Waals surface area (Å²) in [5.74, 6) is 0.713. The minimum absolute atomic E-state index is 0.0244. The number of nitrogens with zero attached hydrogens (tertiary/aromatic N) is 5. The average molecular weight is 379 g/mol. The molecule has 3 heterocycles. The van der Waals surface area contributed by atoms with Crippen LogP contribution in [0.15, 0.2) is 29.6 Å². The molecule has 1 saturated heterocycles. The van der Waals surface area contributed by atoms with Crippen molar-refractivity contribution in [3.63, 3.8) is 0 Å². The molecule has 2 aromatic heterocycles. The van der Waals surface area contributed by atoms with Crippen molar-refractivity contribution in [2.24, 2.45) is 0 Å². The summed E-state index contributed by atoms with van der Waals surface area (Å²) >= 11 is 0. The Morgan fingerprint density at radius 2 is 2.08 bits per heavy atom. The molecule has 0 spiro atoms. The molecule has 0 bridgehead atoms. The van der Waals surface area contributed by atoms with Gasteiger partial charge in [-0.1, -0.05) is 0 Å². The van der Waals surface area contributed by atoms with Gasteiger partial charge in [0.2, 0.25) is 11.8 Å². The van der Waals surface area contributed by atoms with E-state index < -0.39 is 10.0 Å². The van der Waals surface area contributed by atoms with Crippen LogP contribution in [0, 0.1) is 6.92 Å². The molecule has 3 rings (SSSR count). The van der Waals surface area contributed by atoms with Gasteiger partial charge in [0.15, 0.2) is 5.03 Å². The topological polar surface area (TPSA) is 97.6 Å². The van der Waals surface area contributed by atoms with Crippen LogP contribution in [0.4, 0.5) is 5.69 Å².